The third-order valence-electron chi connectivity index (χ3n) is 2.76. The number of carbonyl (C=O) groups is 2. The molecule has 1 atom stereocenters. The van der Waals surface area contributed by atoms with Gasteiger partial charge in [0.25, 0.3) is 5.91 Å². The van der Waals surface area contributed by atoms with Crippen LogP contribution >= 0.6 is 0 Å². The second-order valence-corrected chi connectivity index (χ2v) is 6.44. The Bertz CT molecular complexity index is 708. The number of anilines is 1. The Morgan fingerprint density at radius 3 is 2.43 bits per heavy atom. The second kappa shape index (κ2) is 5.52. The summed E-state index contributed by atoms with van der Waals surface area (Å²) < 4.78 is 22.6. The van der Waals surface area contributed by atoms with Gasteiger partial charge in [0.2, 0.25) is 6.10 Å². The molecule has 1 heterocycles. The van der Waals surface area contributed by atoms with E-state index in [1.54, 1.807) is 0 Å². The predicted molar refractivity (Wildman–Crippen MR) is 72.7 cm³/mol. The van der Waals surface area contributed by atoms with Crippen LogP contribution in [0.2, 0.25) is 0 Å². The first-order chi connectivity index (χ1) is 9.77. The van der Waals surface area contributed by atoms with Crippen molar-refractivity contribution in [3.63, 3.8) is 0 Å². The lowest BCUT2D eigenvalue weighted by Gasteiger charge is -2.09. The van der Waals surface area contributed by atoms with E-state index in [0.717, 1.165) is 6.26 Å². The first kappa shape index (κ1) is 15.0. The highest BCUT2D eigenvalue weighted by atomic mass is 32.2. The maximum Gasteiger partial charge on any atom is 0.353 e. The summed E-state index contributed by atoms with van der Waals surface area (Å²) in [4.78, 5) is 27.4. The van der Waals surface area contributed by atoms with Gasteiger partial charge in [-0.05, 0) is 24.3 Å². The number of nitrogens with one attached hydrogen (secondary N) is 1. The Labute approximate surface area is 120 Å². The van der Waals surface area contributed by atoms with Crippen LogP contribution in [-0.4, -0.2) is 43.5 Å². The highest BCUT2D eigenvalue weighted by Crippen LogP contribution is 2.16. The van der Waals surface area contributed by atoms with E-state index in [0.29, 0.717) is 5.69 Å². The van der Waals surface area contributed by atoms with Gasteiger partial charge in [0.1, 0.15) is 0 Å². The van der Waals surface area contributed by atoms with E-state index in [1.165, 1.54) is 24.3 Å². The molecule has 8 nitrogen and oxygen atoms in total. The van der Waals surface area contributed by atoms with Crippen LogP contribution in [0.5, 0.6) is 0 Å². The van der Waals surface area contributed by atoms with Gasteiger partial charge in [-0.2, -0.15) is 0 Å². The van der Waals surface area contributed by atoms with Crippen molar-refractivity contribution >= 4 is 33.1 Å². The van der Waals surface area contributed by atoms with E-state index in [2.05, 4.69) is 10.5 Å². The van der Waals surface area contributed by atoms with Crippen molar-refractivity contribution in [3.05, 3.63) is 24.3 Å². The van der Waals surface area contributed by atoms with E-state index < -0.39 is 27.8 Å². The number of rotatable bonds is 4. The number of carboxylic acid groups (broad SMARTS) is 1. The molecular formula is C12H12N2O6S. The molecule has 112 valence electrons. The smallest absolute Gasteiger partial charge is 0.353 e. The molecule has 1 aromatic carbocycles. The molecule has 1 aliphatic rings. The number of hydrogen-bond acceptors (Lipinski definition) is 6. The summed E-state index contributed by atoms with van der Waals surface area (Å²) in [6, 6.07) is 5.59. The molecule has 2 N–H and O–H groups in total. The van der Waals surface area contributed by atoms with Crippen LogP contribution in [-0.2, 0) is 24.3 Å². The summed E-state index contributed by atoms with van der Waals surface area (Å²) in [6.07, 6.45) is -0.0500. The van der Waals surface area contributed by atoms with Crippen LogP contribution in [0.15, 0.2) is 34.3 Å². The number of amides is 1. The molecule has 0 spiro atoms. The number of aliphatic carboxylic acids is 1. The fourth-order valence-corrected chi connectivity index (χ4v) is 2.28. The molecule has 0 fully saturated rings. The summed E-state index contributed by atoms with van der Waals surface area (Å²) in [6.45, 7) is 0. The molecule has 9 heteroatoms. The number of carbonyl (C=O) groups excluding carboxylic acids is 1. The third kappa shape index (κ3) is 3.57. The van der Waals surface area contributed by atoms with Gasteiger partial charge >= 0.3 is 5.97 Å². The number of sulfone groups is 1. The standard InChI is InChI=1S/C12H12N2O6S/c1-21(18,19)8-4-2-7(3-5-8)13-11(15)10-6-9(12(16)17)14-20-10/h2-5,10H,6H2,1H3,(H,13,15)(H,16,17). The van der Waals surface area contributed by atoms with Gasteiger partial charge in [-0.1, -0.05) is 5.16 Å². The Morgan fingerprint density at radius 1 is 1.33 bits per heavy atom. The zero-order valence-corrected chi connectivity index (χ0v) is 11.8. The maximum atomic E-state index is 11.8. The summed E-state index contributed by atoms with van der Waals surface area (Å²) in [5.74, 6) is -1.79. The van der Waals surface area contributed by atoms with Crippen molar-refractivity contribution in [1.29, 1.82) is 0 Å². The molecule has 0 aromatic heterocycles. The highest BCUT2D eigenvalue weighted by Gasteiger charge is 2.31. The van der Waals surface area contributed by atoms with E-state index in [1.807, 2.05) is 0 Å². The van der Waals surface area contributed by atoms with Crippen LogP contribution in [0.3, 0.4) is 0 Å². The summed E-state index contributed by atoms with van der Waals surface area (Å²) >= 11 is 0. The zero-order chi connectivity index (χ0) is 15.6. The predicted octanol–water partition coefficient (Wildman–Crippen LogP) is 0.258. The van der Waals surface area contributed by atoms with E-state index in [4.69, 9.17) is 9.94 Å². The quantitative estimate of drug-likeness (QED) is 0.822. The Kier molecular flexibility index (Phi) is 3.94. The molecule has 1 unspecified atom stereocenters. The van der Waals surface area contributed by atoms with Crippen LogP contribution in [0.25, 0.3) is 0 Å². The van der Waals surface area contributed by atoms with Gasteiger partial charge in [-0.25, -0.2) is 13.2 Å². The lowest BCUT2D eigenvalue weighted by molar-refractivity contribution is -0.129. The molecule has 0 aliphatic carbocycles. The van der Waals surface area contributed by atoms with Crippen molar-refractivity contribution in [2.24, 2.45) is 5.16 Å². The SMILES string of the molecule is CS(=O)(=O)c1ccc(NC(=O)C2CC(C(=O)O)=NO2)cc1. The fourth-order valence-electron chi connectivity index (χ4n) is 1.65. The first-order valence-corrected chi connectivity index (χ1v) is 7.73. The topological polar surface area (TPSA) is 122 Å². The molecule has 1 amide bonds. The minimum atomic E-state index is -3.30. The number of carboxylic acids is 1. The molecule has 2 rings (SSSR count). The first-order valence-electron chi connectivity index (χ1n) is 5.84. The normalized spacial score (nSPS) is 17.8. The zero-order valence-electron chi connectivity index (χ0n) is 10.9. The fraction of sp³-hybridized carbons (Fsp3) is 0.250. The van der Waals surface area contributed by atoms with Gasteiger partial charge in [0, 0.05) is 18.4 Å². The molecule has 0 radical (unpaired) electrons. The van der Waals surface area contributed by atoms with Crippen LogP contribution in [0.1, 0.15) is 6.42 Å². The second-order valence-electron chi connectivity index (χ2n) is 4.43. The van der Waals surface area contributed by atoms with E-state index in [-0.39, 0.29) is 17.0 Å². The maximum absolute atomic E-state index is 11.8. The van der Waals surface area contributed by atoms with Gasteiger partial charge in [-0.15, -0.1) is 0 Å². The van der Waals surface area contributed by atoms with Gasteiger partial charge < -0.3 is 15.3 Å². The van der Waals surface area contributed by atoms with E-state index >= 15 is 0 Å². The molecular weight excluding hydrogens is 300 g/mol. The Hall–Kier alpha value is -2.42. The van der Waals surface area contributed by atoms with Crippen LogP contribution in [0.4, 0.5) is 5.69 Å². The van der Waals surface area contributed by atoms with Gasteiger partial charge in [-0.3, -0.25) is 4.79 Å². The number of nitrogens with zero attached hydrogens (tertiary/aromatic N) is 1. The van der Waals surface area contributed by atoms with Crippen LogP contribution in [0, 0.1) is 0 Å². The third-order valence-corrected chi connectivity index (χ3v) is 3.89. The summed E-state index contributed by atoms with van der Waals surface area (Å²) in [5, 5.41) is 14.5. The molecule has 1 aliphatic heterocycles. The van der Waals surface area contributed by atoms with Crippen molar-refractivity contribution in [2.45, 2.75) is 17.4 Å². The Morgan fingerprint density at radius 2 is 1.95 bits per heavy atom. The van der Waals surface area contributed by atoms with Crippen molar-refractivity contribution in [2.75, 3.05) is 11.6 Å². The van der Waals surface area contributed by atoms with Crippen LogP contribution < -0.4 is 5.32 Å². The largest absolute Gasteiger partial charge is 0.477 e. The molecule has 0 bridgehead atoms. The number of oxime groups is 1. The molecule has 0 saturated heterocycles. The molecule has 0 saturated carbocycles. The minimum Gasteiger partial charge on any atom is -0.477 e. The Balaban J connectivity index is 2.00. The monoisotopic (exact) mass is 312 g/mol. The van der Waals surface area contributed by atoms with Gasteiger partial charge in [0.05, 0.1) is 4.90 Å². The summed E-state index contributed by atoms with van der Waals surface area (Å²) in [7, 11) is -3.30. The van der Waals surface area contributed by atoms with E-state index in [9.17, 15) is 18.0 Å². The number of benzene rings is 1. The molecule has 1 aromatic rings. The number of hydrogen-bond donors (Lipinski definition) is 2. The lowest BCUT2D eigenvalue weighted by Crippen LogP contribution is -2.28. The summed E-state index contributed by atoms with van der Waals surface area (Å²) in [5.41, 5.74) is 0.155. The van der Waals surface area contributed by atoms with Crippen molar-refractivity contribution in [1.82, 2.24) is 0 Å². The molecule has 21 heavy (non-hydrogen) atoms. The minimum absolute atomic E-state index is 0.122. The average molecular weight is 312 g/mol. The van der Waals surface area contributed by atoms with Crippen molar-refractivity contribution < 1.29 is 28.0 Å². The lowest BCUT2D eigenvalue weighted by atomic mass is 10.1. The van der Waals surface area contributed by atoms with Crippen molar-refractivity contribution in [3.8, 4) is 0 Å². The highest BCUT2D eigenvalue weighted by molar-refractivity contribution is 7.90. The average Bonchev–Trinajstić information content (AvgIpc) is 2.88. The van der Waals surface area contributed by atoms with Gasteiger partial charge in [0.15, 0.2) is 15.5 Å².